The van der Waals surface area contributed by atoms with Crippen LogP contribution in [0.15, 0.2) is 12.7 Å². The maximum atomic E-state index is 10.8. The summed E-state index contributed by atoms with van der Waals surface area (Å²) in [6.07, 6.45) is 1.20. The zero-order chi connectivity index (χ0) is 10.5. The van der Waals surface area contributed by atoms with Crippen molar-refractivity contribution in [3.63, 3.8) is 0 Å². The van der Waals surface area contributed by atoms with Crippen LogP contribution in [0.5, 0.6) is 0 Å². The topological polar surface area (TPSA) is 66.4 Å². The molecule has 13 heavy (non-hydrogen) atoms. The molecular formula is C9H15NO3. The van der Waals surface area contributed by atoms with E-state index in [9.17, 15) is 9.59 Å². The van der Waals surface area contributed by atoms with Crippen molar-refractivity contribution in [1.29, 1.82) is 0 Å². The monoisotopic (exact) mass is 185 g/mol. The van der Waals surface area contributed by atoms with Gasteiger partial charge in [-0.1, -0.05) is 20.4 Å². The van der Waals surface area contributed by atoms with E-state index >= 15 is 0 Å². The molecule has 0 aliphatic heterocycles. The van der Waals surface area contributed by atoms with Crippen LogP contribution in [-0.2, 0) is 9.59 Å². The van der Waals surface area contributed by atoms with E-state index in [1.54, 1.807) is 13.8 Å². The van der Waals surface area contributed by atoms with Crippen LogP contribution in [0.4, 0.5) is 0 Å². The van der Waals surface area contributed by atoms with E-state index in [4.69, 9.17) is 5.11 Å². The van der Waals surface area contributed by atoms with Gasteiger partial charge < -0.3 is 10.4 Å². The van der Waals surface area contributed by atoms with E-state index in [2.05, 4.69) is 11.9 Å². The first-order chi connectivity index (χ1) is 5.87. The summed E-state index contributed by atoms with van der Waals surface area (Å²) in [7, 11) is 0. The van der Waals surface area contributed by atoms with Crippen LogP contribution >= 0.6 is 0 Å². The highest BCUT2D eigenvalue weighted by Gasteiger charge is 2.21. The van der Waals surface area contributed by atoms with Crippen molar-refractivity contribution >= 4 is 11.9 Å². The molecule has 0 unspecified atom stereocenters. The number of hydrogen-bond donors (Lipinski definition) is 2. The minimum absolute atomic E-state index is 0.0322. The van der Waals surface area contributed by atoms with Crippen molar-refractivity contribution in [2.75, 3.05) is 6.54 Å². The first-order valence-electron chi connectivity index (χ1n) is 3.99. The van der Waals surface area contributed by atoms with Crippen molar-refractivity contribution in [2.24, 2.45) is 5.41 Å². The van der Waals surface area contributed by atoms with Gasteiger partial charge in [0.05, 0.1) is 6.42 Å². The molecule has 0 fully saturated rings. The Morgan fingerprint density at radius 3 is 2.46 bits per heavy atom. The Hall–Kier alpha value is -1.32. The molecule has 0 atom stereocenters. The summed E-state index contributed by atoms with van der Waals surface area (Å²) < 4.78 is 0. The molecule has 0 aliphatic carbocycles. The van der Waals surface area contributed by atoms with Crippen LogP contribution in [0.25, 0.3) is 0 Å². The molecule has 2 N–H and O–H groups in total. The largest absolute Gasteiger partial charge is 0.481 e. The molecule has 0 saturated heterocycles. The number of amides is 1. The highest BCUT2D eigenvalue weighted by atomic mass is 16.4. The van der Waals surface area contributed by atoms with Crippen LogP contribution in [0.2, 0.25) is 0 Å². The van der Waals surface area contributed by atoms with E-state index < -0.39 is 11.4 Å². The van der Waals surface area contributed by atoms with Gasteiger partial charge in [-0.3, -0.25) is 9.59 Å². The van der Waals surface area contributed by atoms with Gasteiger partial charge in [-0.2, -0.15) is 0 Å². The van der Waals surface area contributed by atoms with E-state index in [0.29, 0.717) is 6.54 Å². The van der Waals surface area contributed by atoms with Gasteiger partial charge in [0.2, 0.25) is 5.91 Å². The second-order valence-electron chi connectivity index (χ2n) is 3.66. The molecular weight excluding hydrogens is 170 g/mol. The van der Waals surface area contributed by atoms with E-state index in [-0.39, 0.29) is 12.3 Å². The molecule has 0 spiro atoms. The Kier molecular flexibility index (Phi) is 4.17. The van der Waals surface area contributed by atoms with Crippen LogP contribution in [0.1, 0.15) is 20.3 Å². The quantitative estimate of drug-likeness (QED) is 0.622. The number of carbonyl (C=O) groups is 2. The van der Waals surface area contributed by atoms with Crippen molar-refractivity contribution in [1.82, 2.24) is 5.32 Å². The first kappa shape index (κ1) is 11.7. The summed E-state index contributed by atoms with van der Waals surface area (Å²) in [6, 6.07) is 0. The van der Waals surface area contributed by atoms with E-state index in [0.717, 1.165) is 6.08 Å². The maximum Gasteiger partial charge on any atom is 0.303 e. The summed E-state index contributed by atoms with van der Waals surface area (Å²) in [5.74, 6) is -1.14. The molecule has 0 aromatic carbocycles. The van der Waals surface area contributed by atoms with E-state index in [1.807, 2.05) is 0 Å². The lowest BCUT2D eigenvalue weighted by molar-refractivity contribution is -0.139. The molecule has 0 saturated carbocycles. The molecule has 0 aliphatic rings. The normalized spacial score (nSPS) is 10.6. The third-order valence-electron chi connectivity index (χ3n) is 1.56. The number of carboxylic acid groups (broad SMARTS) is 1. The van der Waals surface area contributed by atoms with Gasteiger partial charge in [-0.15, -0.1) is 0 Å². The van der Waals surface area contributed by atoms with Gasteiger partial charge in [-0.05, 0) is 11.5 Å². The SMILES string of the molecule is C=CC(=O)NCC(C)(C)CC(=O)O. The zero-order valence-corrected chi connectivity index (χ0v) is 7.96. The van der Waals surface area contributed by atoms with Gasteiger partial charge in [-0.25, -0.2) is 0 Å². The van der Waals surface area contributed by atoms with Crippen molar-refractivity contribution < 1.29 is 14.7 Å². The highest BCUT2D eigenvalue weighted by Crippen LogP contribution is 2.18. The average Bonchev–Trinajstić information content (AvgIpc) is 1.98. The van der Waals surface area contributed by atoms with Crippen LogP contribution in [0, 0.1) is 5.41 Å². The number of carboxylic acids is 1. The summed E-state index contributed by atoms with van der Waals surface area (Å²) in [4.78, 5) is 21.2. The van der Waals surface area contributed by atoms with Crippen molar-refractivity contribution in [2.45, 2.75) is 20.3 Å². The Labute approximate surface area is 77.6 Å². The molecule has 0 aromatic heterocycles. The van der Waals surface area contributed by atoms with Gasteiger partial charge in [0, 0.05) is 6.54 Å². The fourth-order valence-electron chi connectivity index (χ4n) is 0.870. The number of hydrogen-bond acceptors (Lipinski definition) is 2. The molecule has 0 heterocycles. The number of aliphatic carboxylic acids is 1. The van der Waals surface area contributed by atoms with Gasteiger partial charge in [0.25, 0.3) is 0 Å². The summed E-state index contributed by atoms with van der Waals surface area (Å²) >= 11 is 0. The smallest absolute Gasteiger partial charge is 0.303 e. The molecule has 0 rings (SSSR count). The molecule has 74 valence electrons. The number of nitrogens with one attached hydrogen (secondary N) is 1. The first-order valence-corrected chi connectivity index (χ1v) is 3.99. The maximum absolute atomic E-state index is 10.8. The summed E-state index contributed by atoms with van der Waals surface area (Å²) in [5, 5.41) is 11.1. The number of rotatable bonds is 5. The fraction of sp³-hybridized carbons (Fsp3) is 0.556. The van der Waals surface area contributed by atoms with Crippen LogP contribution < -0.4 is 5.32 Å². The van der Waals surface area contributed by atoms with Gasteiger partial charge >= 0.3 is 5.97 Å². The lowest BCUT2D eigenvalue weighted by Crippen LogP contribution is -2.34. The van der Waals surface area contributed by atoms with Gasteiger partial charge in [0.15, 0.2) is 0 Å². The molecule has 0 bridgehead atoms. The second kappa shape index (κ2) is 4.64. The van der Waals surface area contributed by atoms with Crippen molar-refractivity contribution in [3.05, 3.63) is 12.7 Å². The van der Waals surface area contributed by atoms with E-state index in [1.165, 1.54) is 0 Å². The predicted octanol–water partition coefficient (Wildman–Crippen LogP) is 0.790. The Morgan fingerprint density at radius 1 is 1.54 bits per heavy atom. The predicted molar refractivity (Wildman–Crippen MR) is 49.2 cm³/mol. The fourth-order valence-corrected chi connectivity index (χ4v) is 0.870. The minimum atomic E-state index is -0.863. The van der Waals surface area contributed by atoms with Crippen molar-refractivity contribution in [3.8, 4) is 0 Å². The Balaban J connectivity index is 3.95. The van der Waals surface area contributed by atoms with Gasteiger partial charge in [0.1, 0.15) is 0 Å². The lowest BCUT2D eigenvalue weighted by Gasteiger charge is -2.22. The van der Waals surface area contributed by atoms with Crippen LogP contribution in [-0.4, -0.2) is 23.5 Å². The van der Waals surface area contributed by atoms with Crippen LogP contribution in [0.3, 0.4) is 0 Å². The lowest BCUT2D eigenvalue weighted by atomic mass is 9.89. The Morgan fingerprint density at radius 2 is 2.08 bits per heavy atom. The third kappa shape index (κ3) is 5.90. The molecule has 1 amide bonds. The summed E-state index contributed by atoms with van der Waals surface area (Å²) in [5.41, 5.74) is -0.426. The second-order valence-corrected chi connectivity index (χ2v) is 3.66. The average molecular weight is 185 g/mol. The standard InChI is InChI=1S/C9H15NO3/c1-4-7(11)10-6-9(2,3)5-8(12)13/h4H,1,5-6H2,2-3H3,(H,10,11)(H,12,13). The minimum Gasteiger partial charge on any atom is -0.481 e. The third-order valence-corrected chi connectivity index (χ3v) is 1.56. The molecule has 0 aromatic rings. The molecule has 4 nitrogen and oxygen atoms in total. The molecule has 0 radical (unpaired) electrons. The number of carbonyl (C=O) groups excluding carboxylic acids is 1. The molecule has 4 heteroatoms. The Bertz CT molecular complexity index is 221. The summed E-state index contributed by atoms with van der Waals surface area (Å²) in [6.45, 7) is 7.20. The highest BCUT2D eigenvalue weighted by molar-refractivity contribution is 5.86. The zero-order valence-electron chi connectivity index (χ0n) is 7.96.